The summed E-state index contributed by atoms with van der Waals surface area (Å²) < 4.78 is 54.9. The Hall–Kier alpha value is -1.99. The fourth-order valence-corrected chi connectivity index (χ4v) is 6.44. The van der Waals surface area contributed by atoms with Crippen LogP contribution in [0.1, 0.15) is 6.42 Å². The van der Waals surface area contributed by atoms with Gasteiger partial charge in [0.15, 0.2) is 0 Å². The molecule has 2 heterocycles. The van der Waals surface area contributed by atoms with Gasteiger partial charge in [-0.3, -0.25) is 9.78 Å². The van der Waals surface area contributed by atoms with Gasteiger partial charge < -0.3 is 4.90 Å². The van der Waals surface area contributed by atoms with Crippen LogP contribution < -0.4 is 4.72 Å². The molecule has 0 spiro atoms. The lowest BCUT2D eigenvalue weighted by atomic mass is 10.2. The first-order valence-corrected chi connectivity index (χ1v) is 14.3. The number of aromatic nitrogens is 1. The van der Waals surface area contributed by atoms with E-state index in [-0.39, 0.29) is 41.9 Å². The molecule has 0 saturated carbocycles. The van der Waals surface area contributed by atoms with Crippen molar-refractivity contribution in [1.82, 2.24) is 18.9 Å². The SMILES string of the molecule is CSCCC(NS(=O)(=O)c1ccccc1)C(=O)N1CCN(S(=O)(=O)c2cccnc2)CC1. The molecule has 1 fully saturated rings. The van der Waals surface area contributed by atoms with Gasteiger partial charge in [0.05, 0.1) is 4.90 Å². The van der Waals surface area contributed by atoms with Gasteiger partial charge in [0.1, 0.15) is 10.9 Å². The first-order chi connectivity index (χ1) is 15.3. The summed E-state index contributed by atoms with van der Waals surface area (Å²) >= 11 is 1.52. The molecule has 0 bridgehead atoms. The van der Waals surface area contributed by atoms with E-state index in [9.17, 15) is 21.6 Å². The standard InChI is InChI=1S/C20H26N4O5S3/c1-30-15-9-19(22-31(26,27)17-6-3-2-4-7-17)20(25)23-11-13-24(14-12-23)32(28,29)18-8-5-10-21-16-18/h2-8,10,16,19,22H,9,11-15H2,1H3. The van der Waals surface area contributed by atoms with Crippen molar-refractivity contribution in [2.24, 2.45) is 0 Å². The maximum absolute atomic E-state index is 13.2. The molecule has 174 valence electrons. The summed E-state index contributed by atoms with van der Waals surface area (Å²) in [6, 6.07) is 10.0. The second kappa shape index (κ2) is 10.8. The maximum atomic E-state index is 13.2. The highest BCUT2D eigenvalue weighted by molar-refractivity contribution is 7.98. The lowest BCUT2D eigenvalue weighted by molar-refractivity contribution is -0.134. The monoisotopic (exact) mass is 498 g/mol. The molecule has 32 heavy (non-hydrogen) atoms. The minimum atomic E-state index is -3.86. The first-order valence-electron chi connectivity index (χ1n) is 10.0. The highest BCUT2D eigenvalue weighted by Gasteiger charge is 2.34. The number of carbonyl (C=O) groups is 1. The van der Waals surface area contributed by atoms with E-state index in [1.807, 2.05) is 6.26 Å². The molecule has 1 aromatic carbocycles. The van der Waals surface area contributed by atoms with Crippen molar-refractivity contribution in [1.29, 1.82) is 0 Å². The Morgan fingerprint density at radius 3 is 2.28 bits per heavy atom. The first kappa shape index (κ1) is 24.6. The molecule has 1 atom stereocenters. The number of nitrogens with zero attached hydrogens (tertiary/aromatic N) is 3. The van der Waals surface area contributed by atoms with E-state index >= 15 is 0 Å². The number of pyridine rings is 1. The van der Waals surface area contributed by atoms with Gasteiger partial charge in [-0.2, -0.15) is 20.8 Å². The molecule has 1 aromatic heterocycles. The number of hydrogen-bond donors (Lipinski definition) is 1. The highest BCUT2D eigenvalue weighted by atomic mass is 32.2. The molecule has 1 unspecified atom stereocenters. The fraction of sp³-hybridized carbons (Fsp3) is 0.400. The van der Waals surface area contributed by atoms with Crippen molar-refractivity contribution in [3.8, 4) is 0 Å². The third-order valence-electron chi connectivity index (χ3n) is 5.08. The minimum absolute atomic E-state index is 0.0920. The number of thioether (sulfide) groups is 1. The molecule has 12 heteroatoms. The largest absolute Gasteiger partial charge is 0.339 e. The Morgan fingerprint density at radius 2 is 1.69 bits per heavy atom. The van der Waals surface area contributed by atoms with Crippen LogP contribution in [0.2, 0.25) is 0 Å². The number of nitrogens with one attached hydrogen (secondary N) is 1. The van der Waals surface area contributed by atoms with E-state index in [0.717, 1.165) is 0 Å². The number of hydrogen-bond acceptors (Lipinski definition) is 7. The zero-order valence-corrected chi connectivity index (χ0v) is 20.1. The summed E-state index contributed by atoms with van der Waals surface area (Å²) in [6.45, 7) is 0.621. The van der Waals surface area contributed by atoms with Crippen LogP contribution in [0, 0.1) is 0 Å². The summed E-state index contributed by atoms with van der Waals surface area (Å²) in [6.07, 6.45) is 5.01. The Kier molecular flexibility index (Phi) is 8.28. The number of rotatable bonds is 9. The number of sulfonamides is 2. The van der Waals surface area contributed by atoms with Gasteiger partial charge in [-0.15, -0.1) is 0 Å². The van der Waals surface area contributed by atoms with E-state index in [4.69, 9.17) is 0 Å². The van der Waals surface area contributed by atoms with Gasteiger partial charge in [-0.05, 0) is 42.7 Å². The molecule has 1 amide bonds. The molecule has 0 radical (unpaired) electrons. The molecular weight excluding hydrogens is 472 g/mol. The Balaban J connectivity index is 1.69. The van der Waals surface area contributed by atoms with E-state index < -0.39 is 26.1 Å². The van der Waals surface area contributed by atoms with E-state index in [0.29, 0.717) is 12.2 Å². The topological polar surface area (TPSA) is 117 Å². The lowest BCUT2D eigenvalue weighted by Gasteiger charge is -2.35. The third kappa shape index (κ3) is 5.87. The van der Waals surface area contributed by atoms with Crippen LogP contribution in [0.5, 0.6) is 0 Å². The normalized spacial score (nSPS) is 16.6. The predicted octanol–water partition coefficient (Wildman–Crippen LogP) is 1.01. The molecule has 0 aliphatic carbocycles. The van der Waals surface area contributed by atoms with Crippen LogP contribution in [-0.2, 0) is 24.8 Å². The van der Waals surface area contributed by atoms with Crippen LogP contribution in [0.3, 0.4) is 0 Å². The molecule has 1 aliphatic heterocycles. The zero-order valence-electron chi connectivity index (χ0n) is 17.6. The van der Waals surface area contributed by atoms with Gasteiger partial charge in [-0.1, -0.05) is 18.2 Å². The summed E-state index contributed by atoms with van der Waals surface area (Å²) in [5.41, 5.74) is 0. The van der Waals surface area contributed by atoms with Crippen LogP contribution in [0.15, 0.2) is 64.6 Å². The number of benzene rings is 1. The summed E-state index contributed by atoms with van der Waals surface area (Å²) in [7, 11) is -7.56. The zero-order chi connectivity index (χ0) is 23.2. The molecule has 3 rings (SSSR count). The van der Waals surface area contributed by atoms with Crippen molar-refractivity contribution in [3.05, 3.63) is 54.9 Å². The molecule has 1 aliphatic rings. The summed E-state index contributed by atoms with van der Waals surface area (Å²) in [5, 5.41) is 0. The second-order valence-corrected chi connectivity index (χ2v) is 11.8. The number of piperazine rings is 1. The quantitative estimate of drug-likeness (QED) is 0.548. The van der Waals surface area contributed by atoms with E-state index in [2.05, 4.69) is 9.71 Å². The average Bonchev–Trinajstić information content (AvgIpc) is 2.82. The molecule has 1 N–H and O–H groups in total. The average molecular weight is 499 g/mol. The predicted molar refractivity (Wildman–Crippen MR) is 123 cm³/mol. The number of carbonyl (C=O) groups excluding carboxylic acids is 1. The van der Waals surface area contributed by atoms with Crippen LogP contribution >= 0.6 is 11.8 Å². The Labute approximate surface area is 193 Å². The van der Waals surface area contributed by atoms with Crippen LogP contribution in [0.25, 0.3) is 0 Å². The minimum Gasteiger partial charge on any atom is -0.339 e. The third-order valence-corrected chi connectivity index (χ3v) is 9.10. The number of amides is 1. The Morgan fingerprint density at radius 1 is 1.03 bits per heavy atom. The maximum Gasteiger partial charge on any atom is 0.244 e. The molecule has 1 saturated heterocycles. The molecule has 2 aromatic rings. The smallest absolute Gasteiger partial charge is 0.244 e. The Bertz CT molecular complexity index is 1100. The van der Waals surface area contributed by atoms with Crippen LogP contribution in [-0.4, -0.2) is 81.2 Å². The van der Waals surface area contributed by atoms with Crippen molar-refractivity contribution < 1.29 is 21.6 Å². The van der Waals surface area contributed by atoms with Gasteiger partial charge >= 0.3 is 0 Å². The molecular formula is C20H26N4O5S3. The highest BCUT2D eigenvalue weighted by Crippen LogP contribution is 2.18. The van der Waals surface area contributed by atoms with E-state index in [1.165, 1.54) is 51.6 Å². The van der Waals surface area contributed by atoms with Gasteiger partial charge in [0, 0.05) is 38.6 Å². The second-order valence-electron chi connectivity index (χ2n) is 7.19. The van der Waals surface area contributed by atoms with Crippen molar-refractivity contribution >= 4 is 37.7 Å². The lowest BCUT2D eigenvalue weighted by Crippen LogP contribution is -2.55. The summed E-state index contributed by atoms with van der Waals surface area (Å²) in [5.74, 6) is 0.250. The fourth-order valence-electron chi connectivity index (χ4n) is 3.34. The van der Waals surface area contributed by atoms with Crippen molar-refractivity contribution in [3.63, 3.8) is 0 Å². The van der Waals surface area contributed by atoms with Gasteiger partial charge in [0.2, 0.25) is 26.0 Å². The van der Waals surface area contributed by atoms with Crippen molar-refractivity contribution in [2.75, 3.05) is 38.2 Å². The van der Waals surface area contributed by atoms with Crippen LogP contribution in [0.4, 0.5) is 0 Å². The van der Waals surface area contributed by atoms with Crippen molar-refractivity contribution in [2.45, 2.75) is 22.3 Å². The van der Waals surface area contributed by atoms with Gasteiger partial charge in [-0.25, -0.2) is 16.8 Å². The summed E-state index contributed by atoms with van der Waals surface area (Å²) in [4.78, 5) is 18.7. The van der Waals surface area contributed by atoms with Gasteiger partial charge in [0.25, 0.3) is 0 Å². The molecule has 9 nitrogen and oxygen atoms in total. The van der Waals surface area contributed by atoms with E-state index in [1.54, 1.807) is 24.3 Å².